The lowest BCUT2D eigenvalue weighted by Gasteiger charge is -2.25. The van der Waals surface area contributed by atoms with Crippen molar-refractivity contribution < 1.29 is 24.5 Å². The van der Waals surface area contributed by atoms with Crippen molar-refractivity contribution in [2.45, 2.75) is 6.04 Å². The van der Waals surface area contributed by atoms with Crippen molar-refractivity contribution in [1.82, 2.24) is 4.98 Å². The van der Waals surface area contributed by atoms with Gasteiger partial charge in [0.25, 0.3) is 11.7 Å². The van der Waals surface area contributed by atoms with Crippen molar-refractivity contribution in [3.8, 4) is 11.5 Å². The fourth-order valence-corrected chi connectivity index (χ4v) is 3.83. The van der Waals surface area contributed by atoms with E-state index in [1.54, 1.807) is 36.5 Å². The zero-order valence-corrected chi connectivity index (χ0v) is 17.1. The summed E-state index contributed by atoms with van der Waals surface area (Å²) in [5.41, 5.74) is 0.744. The molecule has 7 nitrogen and oxygen atoms in total. The summed E-state index contributed by atoms with van der Waals surface area (Å²) < 4.78 is 5.13. The van der Waals surface area contributed by atoms with Crippen LogP contribution in [0.1, 0.15) is 17.2 Å². The molecule has 8 heteroatoms. The fraction of sp³-hybridized carbons (Fsp3) is 0.0870. The predicted octanol–water partition coefficient (Wildman–Crippen LogP) is 4.08. The molecule has 1 atom stereocenters. The second kappa shape index (κ2) is 8.12. The Kier molecular flexibility index (Phi) is 5.35. The van der Waals surface area contributed by atoms with E-state index >= 15 is 0 Å². The van der Waals surface area contributed by atoms with Gasteiger partial charge >= 0.3 is 0 Å². The summed E-state index contributed by atoms with van der Waals surface area (Å²) in [6.07, 6.45) is 3.05. The van der Waals surface area contributed by atoms with Crippen LogP contribution in [0.15, 0.2) is 72.6 Å². The summed E-state index contributed by atoms with van der Waals surface area (Å²) in [6, 6.07) is 13.1. The average Bonchev–Trinajstić information content (AvgIpc) is 3.04. The van der Waals surface area contributed by atoms with E-state index in [2.05, 4.69) is 4.98 Å². The van der Waals surface area contributed by atoms with Crippen LogP contribution in [-0.2, 0) is 9.59 Å². The molecule has 2 aromatic carbocycles. The lowest BCUT2D eigenvalue weighted by Crippen LogP contribution is -2.29. The number of halogens is 1. The van der Waals surface area contributed by atoms with Crippen LogP contribution in [0.2, 0.25) is 5.02 Å². The maximum Gasteiger partial charge on any atom is 0.300 e. The molecule has 1 amide bonds. The normalized spacial score (nSPS) is 17.7. The highest BCUT2D eigenvalue weighted by Crippen LogP contribution is 2.44. The molecule has 1 aliphatic rings. The number of methoxy groups -OCH3 is 1. The maximum absolute atomic E-state index is 13.0. The van der Waals surface area contributed by atoms with Crippen LogP contribution in [-0.4, -0.2) is 34.0 Å². The number of aromatic hydroxyl groups is 1. The number of phenols is 1. The smallest absolute Gasteiger partial charge is 0.300 e. The van der Waals surface area contributed by atoms with E-state index in [1.807, 2.05) is 0 Å². The van der Waals surface area contributed by atoms with Gasteiger partial charge in [0, 0.05) is 18.0 Å². The van der Waals surface area contributed by atoms with Crippen LogP contribution < -0.4 is 9.64 Å². The number of pyridine rings is 1. The molecule has 2 N–H and O–H groups in total. The molecule has 1 unspecified atom stereocenters. The Labute approximate surface area is 182 Å². The van der Waals surface area contributed by atoms with Gasteiger partial charge in [0.05, 0.1) is 29.4 Å². The van der Waals surface area contributed by atoms with Crippen molar-refractivity contribution in [2.24, 2.45) is 0 Å². The van der Waals surface area contributed by atoms with Crippen molar-refractivity contribution in [2.75, 3.05) is 12.0 Å². The molecule has 0 bridgehead atoms. The molecule has 156 valence electrons. The number of hydrogen-bond acceptors (Lipinski definition) is 6. The zero-order chi connectivity index (χ0) is 22.1. The number of benzene rings is 2. The Hall–Kier alpha value is -3.84. The van der Waals surface area contributed by atoms with Crippen LogP contribution in [0.3, 0.4) is 0 Å². The number of Topliss-reactive ketones (excluding diaryl/α,β-unsaturated/α-hetero) is 1. The van der Waals surface area contributed by atoms with E-state index in [9.17, 15) is 19.8 Å². The van der Waals surface area contributed by atoms with E-state index in [4.69, 9.17) is 16.3 Å². The van der Waals surface area contributed by atoms with Crippen molar-refractivity contribution in [3.63, 3.8) is 0 Å². The number of carbonyl (C=O) groups excluding carboxylic acids is 2. The molecule has 1 aliphatic heterocycles. The Balaban J connectivity index is 1.95. The third-order valence-electron chi connectivity index (χ3n) is 5.01. The van der Waals surface area contributed by atoms with Crippen LogP contribution in [0, 0.1) is 0 Å². The van der Waals surface area contributed by atoms with Gasteiger partial charge in [-0.15, -0.1) is 0 Å². The van der Waals surface area contributed by atoms with Crippen LogP contribution in [0.4, 0.5) is 5.69 Å². The monoisotopic (exact) mass is 436 g/mol. The first-order chi connectivity index (χ1) is 14.9. The minimum absolute atomic E-state index is 0.137. The van der Waals surface area contributed by atoms with Gasteiger partial charge < -0.3 is 14.9 Å². The molecule has 0 saturated carbocycles. The van der Waals surface area contributed by atoms with Gasteiger partial charge in [-0.1, -0.05) is 29.8 Å². The minimum Gasteiger partial charge on any atom is -0.507 e. The zero-order valence-electron chi connectivity index (χ0n) is 16.3. The number of rotatable bonds is 4. The second-order valence-corrected chi connectivity index (χ2v) is 7.20. The van der Waals surface area contributed by atoms with Gasteiger partial charge in [-0.2, -0.15) is 0 Å². The molecule has 1 aromatic heterocycles. The molecule has 0 aliphatic carbocycles. The Morgan fingerprint density at radius 3 is 2.55 bits per heavy atom. The van der Waals surface area contributed by atoms with E-state index in [0.29, 0.717) is 11.3 Å². The molecule has 0 spiro atoms. The first-order valence-corrected chi connectivity index (χ1v) is 9.64. The van der Waals surface area contributed by atoms with Crippen LogP contribution >= 0.6 is 11.6 Å². The molecule has 31 heavy (non-hydrogen) atoms. The van der Waals surface area contributed by atoms with Crippen LogP contribution in [0.25, 0.3) is 5.76 Å². The SMILES string of the molecule is COc1ccc(/C(O)=C2/C(=O)C(=O)N(c3ccccc3O)C2c2cccnc2)cc1Cl. The molecular weight excluding hydrogens is 420 g/mol. The summed E-state index contributed by atoms with van der Waals surface area (Å²) in [6.45, 7) is 0. The Morgan fingerprint density at radius 1 is 1.13 bits per heavy atom. The number of carbonyl (C=O) groups is 2. The number of anilines is 1. The largest absolute Gasteiger partial charge is 0.507 e. The first-order valence-electron chi connectivity index (χ1n) is 9.27. The lowest BCUT2D eigenvalue weighted by atomic mass is 9.96. The van der Waals surface area contributed by atoms with Gasteiger partial charge in [-0.25, -0.2) is 0 Å². The summed E-state index contributed by atoms with van der Waals surface area (Å²) in [5, 5.41) is 21.6. The number of nitrogens with zero attached hydrogens (tertiary/aromatic N) is 2. The second-order valence-electron chi connectivity index (χ2n) is 6.79. The van der Waals surface area contributed by atoms with Crippen molar-refractivity contribution >= 4 is 34.7 Å². The Morgan fingerprint density at radius 2 is 1.90 bits per heavy atom. The molecule has 4 rings (SSSR count). The van der Waals surface area contributed by atoms with E-state index in [1.165, 1.54) is 37.6 Å². The number of aromatic nitrogens is 1. The minimum atomic E-state index is -0.997. The molecule has 3 aromatic rings. The van der Waals surface area contributed by atoms with E-state index < -0.39 is 23.5 Å². The van der Waals surface area contributed by atoms with Crippen molar-refractivity contribution in [3.05, 3.63) is 88.7 Å². The predicted molar refractivity (Wildman–Crippen MR) is 115 cm³/mol. The fourth-order valence-electron chi connectivity index (χ4n) is 3.57. The summed E-state index contributed by atoms with van der Waals surface area (Å²) in [4.78, 5) is 31.3. The van der Waals surface area contributed by atoms with Gasteiger partial charge in [-0.05, 0) is 42.0 Å². The highest BCUT2D eigenvalue weighted by Gasteiger charge is 2.47. The van der Waals surface area contributed by atoms with Gasteiger partial charge in [-0.3, -0.25) is 19.5 Å². The van der Waals surface area contributed by atoms with Gasteiger partial charge in [0.2, 0.25) is 0 Å². The number of hydrogen-bond donors (Lipinski definition) is 2. The molecular formula is C23H17ClN2O5. The number of ketones is 1. The maximum atomic E-state index is 13.0. The average molecular weight is 437 g/mol. The van der Waals surface area contributed by atoms with E-state index in [-0.39, 0.29) is 27.6 Å². The van der Waals surface area contributed by atoms with E-state index in [0.717, 1.165) is 4.90 Å². The highest BCUT2D eigenvalue weighted by molar-refractivity contribution is 6.52. The first kappa shape index (κ1) is 20.4. The summed E-state index contributed by atoms with van der Waals surface area (Å²) in [5.74, 6) is -1.94. The van der Waals surface area contributed by atoms with Gasteiger partial charge in [0.1, 0.15) is 17.3 Å². The number of ether oxygens (including phenoxy) is 1. The molecule has 1 saturated heterocycles. The summed E-state index contributed by atoms with van der Waals surface area (Å²) >= 11 is 6.18. The molecule has 0 radical (unpaired) electrons. The number of amides is 1. The third-order valence-corrected chi connectivity index (χ3v) is 5.31. The Bertz CT molecular complexity index is 1210. The van der Waals surface area contributed by atoms with Crippen molar-refractivity contribution in [1.29, 1.82) is 0 Å². The van der Waals surface area contributed by atoms with Gasteiger partial charge in [0.15, 0.2) is 0 Å². The number of aliphatic hydroxyl groups excluding tert-OH is 1. The third kappa shape index (κ3) is 3.49. The number of aliphatic hydroxyl groups is 1. The molecule has 2 heterocycles. The number of para-hydroxylation sites is 2. The summed E-state index contributed by atoms with van der Waals surface area (Å²) in [7, 11) is 1.46. The van der Waals surface area contributed by atoms with Crippen LogP contribution in [0.5, 0.6) is 11.5 Å². The lowest BCUT2D eigenvalue weighted by molar-refractivity contribution is -0.132. The highest BCUT2D eigenvalue weighted by atomic mass is 35.5. The standard InChI is InChI=1S/C23H17ClN2O5/c1-31-18-9-8-13(11-15(18)24)21(28)19-20(14-5-4-10-25-12-14)26(23(30)22(19)29)16-6-2-3-7-17(16)27/h2-12,20,27-28H,1H3/b21-19-. The molecule has 1 fully saturated rings. The quantitative estimate of drug-likeness (QED) is 0.363. The topological polar surface area (TPSA) is 100.0 Å². The number of phenolic OH excluding ortho intramolecular Hbond substituents is 1.